The molecule has 10 aromatic carbocycles. The van der Waals surface area contributed by atoms with Crippen LogP contribution in [0.1, 0.15) is 17.4 Å². The third-order valence-corrected chi connectivity index (χ3v) is 15.0. The molecule has 0 saturated carbocycles. The van der Waals surface area contributed by atoms with Crippen LogP contribution in [0.2, 0.25) is 0 Å². The summed E-state index contributed by atoms with van der Waals surface area (Å²) in [4.78, 5) is 5.15. The lowest BCUT2D eigenvalue weighted by Crippen LogP contribution is -2.47. The maximum absolute atomic E-state index is 6.78. The van der Waals surface area contributed by atoms with Gasteiger partial charge in [0.05, 0.1) is 38.8 Å². The fourth-order valence-electron chi connectivity index (χ4n) is 11.5. The van der Waals surface area contributed by atoms with Crippen LogP contribution in [0.15, 0.2) is 259 Å². The predicted octanol–water partition coefficient (Wildman–Crippen LogP) is 14.4. The lowest BCUT2D eigenvalue weighted by molar-refractivity contribution is 0.351. The smallest absolute Gasteiger partial charge is 0.159 e. The highest BCUT2D eigenvalue weighted by molar-refractivity contribution is 6.14. The summed E-state index contributed by atoms with van der Waals surface area (Å²) >= 11 is 0. The van der Waals surface area contributed by atoms with Crippen molar-refractivity contribution in [3.63, 3.8) is 0 Å². The average Bonchev–Trinajstić information content (AvgIpc) is 4.13. The molecule has 1 aliphatic heterocycles. The van der Waals surface area contributed by atoms with Crippen LogP contribution in [0.25, 0.3) is 99.0 Å². The van der Waals surface area contributed by atoms with Crippen LogP contribution in [0.3, 0.4) is 0 Å². The Morgan fingerprint density at radius 3 is 1.39 bits per heavy atom. The monoisotopic (exact) mass is 968 g/mol. The first-order valence-electron chi connectivity index (χ1n) is 25.7. The largest absolute Gasteiger partial charge is 0.383 e. The lowest BCUT2D eigenvalue weighted by Gasteiger charge is -2.32. The SMILES string of the molecule is NC(=NC(NCc1ccccc1)C1=CCNC(n2c3ccc(-c4ccc5c(c4)c4ccccc4n5-c4ccccc4)cc3c3cc(-c4ccc5c(c4)c4ccccc4n5-c4ccccc4)ccc32)N1)c1ccccc1. The summed E-state index contributed by atoms with van der Waals surface area (Å²) < 4.78 is 7.16. The minimum Gasteiger partial charge on any atom is -0.383 e. The number of hydrogen-bond acceptors (Lipinski definition) is 4. The van der Waals surface area contributed by atoms with E-state index in [4.69, 9.17) is 10.7 Å². The van der Waals surface area contributed by atoms with E-state index in [0.29, 0.717) is 18.9 Å². The molecule has 8 heteroatoms. The summed E-state index contributed by atoms with van der Waals surface area (Å²) in [6, 6.07) is 87.0. The van der Waals surface area contributed by atoms with Gasteiger partial charge in [0, 0.05) is 62.3 Å². The van der Waals surface area contributed by atoms with Crippen LogP contribution >= 0.6 is 0 Å². The molecular formula is C67H52N8. The maximum atomic E-state index is 6.78. The lowest BCUT2D eigenvalue weighted by atomic mass is 9.98. The number of rotatable bonds is 11. The molecule has 8 nitrogen and oxygen atoms in total. The number of fused-ring (bicyclic) bond motifs is 9. The minimum atomic E-state index is -0.438. The predicted molar refractivity (Wildman–Crippen MR) is 311 cm³/mol. The van der Waals surface area contributed by atoms with Crippen molar-refractivity contribution in [1.82, 2.24) is 29.7 Å². The molecule has 3 aromatic heterocycles. The molecule has 4 heterocycles. The maximum Gasteiger partial charge on any atom is 0.159 e. The van der Waals surface area contributed by atoms with Gasteiger partial charge in [-0.3, -0.25) is 10.6 Å². The normalized spacial score (nSPS) is 14.5. The molecule has 2 atom stereocenters. The number of para-hydroxylation sites is 4. The van der Waals surface area contributed by atoms with E-state index in [2.05, 4.69) is 242 Å². The van der Waals surface area contributed by atoms with Crippen LogP contribution < -0.4 is 21.7 Å². The summed E-state index contributed by atoms with van der Waals surface area (Å²) in [7, 11) is 0. The number of nitrogens with one attached hydrogen (secondary N) is 3. The Kier molecular flexibility index (Phi) is 10.9. The van der Waals surface area contributed by atoms with Crippen molar-refractivity contribution in [3.05, 3.63) is 266 Å². The van der Waals surface area contributed by atoms with Gasteiger partial charge in [-0.05, 0) is 119 Å². The zero-order chi connectivity index (χ0) is 49.8. The van der Waals surface area contributed by atoms with Crippen LogP contribution in [-0.4, -0.2) is 32.2 Å². The number of nitrogens with two attached hydrogens (primary N) is 1. The first kappa shape index (κ1) is 44.2. The van der Waals surface area contributed by atoms with E-state index < -0.39 is 6.17 Å². The van der Waals surface area contributed by atoms with Crippen molar-refractivity contribution in [2.24, 2.45) is 10.7 Å². The van der Waals surface area contributed by atoms with E-state index in [1.807, 2.05) is 36.4 Å². The molecule has 0 saturated heterocycles. The summed E-state index contributed by atoms with van der Waals surface area (Å²) in [6.45, 7) is 1.24. The molecule has 1 aliphatic rings. The Labute approximate surface area is 434 Å². The van der Waals surface area contributed by atoms with Crippen molar-refractivity contribution >= 4 is 71.3 Å². The number of aromatic nitrogens is 3. The fourth-order valence-corrected chi connectivity index (χ4v) is 11.5. The number of nitrogens with zero attached hydrogens (tertiary/aromatic N) is 4. The summed E-state index contributed by atoms with van der Waals surface area (Å²) in [5, 5.41) is 18.7. The minimum absolute atomic E-state index is 0.309. The fraction of sp³-hybridized carbons (Fsp3) is 0.0597. The van der Waals surface area contributed by atoms with E-state index >= 15 is 0 Å². The molecular weight excluding hydrogens is 917 g/mol. The van der Waals surface area contributed by atoms with Gasteiger partial charge < -0.3 is 24.8 Å². The molecule has 14 rings (SSSR count). The van der Waals surface area contributed by atoms with E-state index in [9.17, 15) is 0 Å². The second kappa shape index (κ2) is 18.5. The summed E-state index contributed by atoms with van der Waals surface area (Å²) in [5.41, 5.74) is 23.7. The molecule has 0 fully saturated rings. The van der Waals surface area contributed by atoms with E-state index in [-0.39, 0.29) is 6.29 Å². The molecule has 75 heavy (non-hydrogen) atoms. The quantitative estimate of drug-likeness (QED) is 0.0768. The summed E-state index contributed by atoms with van der Waals surface area (Å²) in [5.74, 6) is 0.474. The molecule has 0 bridgehead atoms. The van der Waals surface area contributed by atoms with Crippen molar-refractivity contribution < 1.29 is 0 Å². The first-order valence-corrected chi connectivity index (χ1v) is 25.7. The standard InChI is InChI=1S/C67H52N8/c68-65(45-19-7-2-8-20-45)72-66(70-43-44-17-5-1-6-18-44)58-37-38-69-67(71-58)75-63-35-31-48(46-29-33-61-54(39-46)52-25-13-15-27-59(52)73(61)50-21-9-3-10-22-50)41-56(63)57-42-49(32-36-64(57)75)47-30-34-62-55(40-47)53-26-14-16-28-60(53)74(62)51-23-11-4-12-24-51/h1-37,39-42,66-67,69-71H,38,43H2,(H2,68,72). The topological polar surface area (TPSA) is 89.3 Å². The van der Waals surface area contributed by atoms with E-state index in [1.165, 1.54) is 59.9 Å². The second-order valence-corrected chi connectivity index (χ2v) is 19.4. The van der Waals surface area contributed by atoms with Crippen LogP contribution in [-0.2, 0) is 6.54 Å². The zero-order valence-electron chi connectivity index (χ0n) is 41.1. The van der Waals surface area contributed by atoms with Crippen LogP contribution in [0.4, 0.5) is 0 Å². The molecule has 0 aliphatic carbocycles. The first-order chi connectivity index (χ1) is 37.1. The molecule has 0 radical (unpaired) electrons. The van der Waals surface area contributed by atoms with Gasteiger partial charge >= 0.3 is 0 Å². The Bertz CT molecular complexity index is 4130. The Hall–Kier alpha value is -9.47. The average molecular weight is 969 g/mol. The van der Waals surface area contributed by atoms with Gasteiger partial charge in [-0.15, -0.1) is 0 Å². The third-order valence-electron chi connectivity index (χ3n) is 15.0. The van der Waals surface area contributed by atoms with Gasteiger partial charge in [-0.25, -0.2) is 4.99 Å². The molecule has 360 valence electrons. The molecule has 0 spiro atoms. The number of amidine groups is 1. The Morgan fingerprint density at radius 1 is 0.467 bits per heavy atom. The second-order valence-electron chi connectivity index (χ2n) is 19.4. The number of benzene rings is 10. The third kappa shape index (κ3) is 7.83. The van der Waals surface area contributed by atoms with Gasteiger partial charge in [0.25, 0.3) is 0 Å². The van der Waals surface area contributed by atoms with Gasteiger partial charge in [0.15, 0.2) is 6.29 Å². The number of hydrogen-bond donors (Lipinski definition) is 4. The van der Waals surface area contributed by atoms with Gasteiger partial charge in [0.1, 0.15) is 12.0 Å². The molecule has 5 N–H and O–H groups in total. The van der Waals surface area contributed by atoms with Crippen LogP contribution in [0, 0.1) is 0 Å². The Balaban J connectivity index is 0.909. The molecule has 0 amide bonds. The zero-order valence-corrected chi connectivity index (χ0v) is 41.1. The van der Waals surface area contributed by atoms with Crippen molar-refractivity contribution in [2.45, 2.75) is 19.0 Å². The summed E-state index contributed by atoms with van der Waals surface area (Å²) in [6.07, 6.45) is 1.43. The van der Waals surface area contributed by atoms with Gasteiger partial charge in [0.2, 0.25) is 0 Å². The van der Waals surface area contributed by atoms with Gasteiger partial charge in [-0.2, -0.15) is 0 Å². The number of aliphatic imine (C=N–C) groups is 1. The van der Waals surface area contributed by atoms with Crippen molar-refractivity contribution in [1.29, 1.82) is 0 Å². The Morgan fingerprint density at radius 2 is 0.880 bits per heavy atom. The van der Waals surface area contributed by atoms with Crippen molar-refractivity contribution in [2.75, 3.05) is 6.54 Å². The van der Waals surface area contributed by atoms with Gasteiger partial charge in [-0.1, -0.05) is 158 Å². The van der Waals surface area contributed by atoms with E-state index in [1.54, 1.807) is 0 Å². The van der Waals surface area contributed by atoms with E-state index in [0.717, 1.165) is 55.9 Å². The van der Waals surface area contributed by atoms with Crippen molar-refractivity contribution in [3.8, 4) is 33.6 Å². The molecule has 13 aromatic rings. The highest BCUT2D eigenvalue weighted by atomic mass is 15.3. The molecule has 2 unspecified atom stereocenters. The highest BCUT2D eigenvalue weighted by Gasteiger charge is 2.26. The highest BCUT2D eigenvalue weighted by Crippen LogP contribution is 2.41. The van der Waals surface area contributed by atoms with Crippen LogP contribution in [0.5, 0.6) is 0 Å².